The molecule has 1 nitrogen and oxygen atoms in total. The Morgan fingerprint density at radius 1 is 1.00 bits per heavy atom. The van der Waals surface area contributed by atoms with Crippen LogP contribution >= 0.6 is 0 Å². The summed E-state index contributed by atoms with van der Waals surface area (Å²) in [6.07, 6.45) is 7.57. The molecule has 0 heterocycles. The first-order valence-electron chi connectivity index (χ1n) is 4.86. The zero-order chi connectivity index (χ0) is 10.2. The number of rotatable bonds is 0. The van der Waals surface area contributed by atoms with E-state index in [1.807, 2.05) is 30.4 Å². The van der Waals surface area contributed by atoms with E-state index in [2.05, 4.69) is 19.1 Å². The summed E-state index contributed by atoms with van der Waals surface area (Å²) in [5.74, 6) is 0.409. The number of aryl methyl sites for hydroxylation is 1. The molecule has 0 atom stereocenters. The van der Waals surface area contributed by atoms with Crippen LogP contribution in [-0.2, 0) is 0 Å². The van der Waals surface area contributed by atoms with E-state index in [1.54, 1.807) is 6.08 Å². The van der Waals surface area contributed by atoms with Crippen molar-refractivity contribution in [2.75, 3.05) is 0 Å². The van der Waals surface area contributed by atoms with E-state index >= 15 is 0 Å². The molecule has 2 rings (SSSR count). The van der Waals surface area contributed by atoms with Gasteiger partial charge in [0, 0.05) is 16.8 Å². The van der Waals surface area contributed by atoms with E-state index in [4.69, 9.17) is 5.11 Å². The van der Waals surface area contributed by atoms with Gasteiger partial charge in [0.1, 0.15) is 5.76 Å². The second kappa shape index (κ2) is 10.2. The van der Waals surface area contributed by atoms with E-state index in [-0.39, 0.29) is 16.8 Å². The summed E-state index contributed by atoms with van der Waals surface area (Å²) in [5.41, 5.74) is 1.32. The van der Waals surface area contributed by atoms with Crippen molar-refractivity contribution in [1.82, 2.24) is 0 Å². The number of hydrogen-bond acceptors (Lipinski definition) is 1. The third-order valence-corrected chi connectivity index (χ3v) is 1.92. The zero-order valence-electron chi connectivity index (χ0n) is 9.63. The molecule has 6 radical (unpaired) electrons. The van der Waals surface area contributed by atoms with E-state index in [0.29, 0.717) is 5.76 Å². The van der Waals surface area contributed by atoms with Gasteiger partial charge < -0.3 is 5.11 Å². The van der Waals surface area contributed by atoms with Crippen LogP contribution in [0.2, 0.25) is 0 Å². The number of aliphatic hydroxyl groups is 1. The van der Waals surface area contributed by atoms with Gasteiger partial charge in [0.25, 0.3) is 0 Å². The van der Waals surface area contributed by atoms with Crippen molar-refractivity contribution in [2.24, 2.45) is 0 Å². The average Bonchev–Trinajstić information content (AvgIpc) is 2.21. The fraction of sp³-hybridized carbons (Fsp3) is 0.231. The summed E-state index contributed by atoms with van der Waals surface area (Å²) in [6.45, 7) is 2.08. The van der Waals surface area contributed by atoms with Crippen molar-refractivity contribution in [2.45, 2.75) is 19.8 Å². The lowest BCUT2D eigenvalue weighted by molar-refractivity contribution is 0.427. The molecule has 0 aromatic heterocycles. The van der Waals surface area contributed by atoms with E-state index in [9.17, 15) is 0 Å². The largest absolute Gasteiger partial charge is 0.508 e. The van der Waals surface area contributed by atoms with Gasteiger partial charge in [0.05, 0.1) is 0 Å². The Morgan fingerprint density at radius 2 is 1.62 bits per heavy atom. The van der Waals surface area contributed by atoms with Crippen LogP contribution < -0.4 is 0 Å². The molecule has 1 N–H and O–H groups in total. The van der Waals surface area contributed by atoms with E-state index < -0.39 is 0 Å². The molecular formula is C13H16B2O. The Morgan fingerprint density at radius 3 is 1.88 bits per heavy atom. The van der Waals surface area contributed by atoms with Gasteiger partial charge in [-0.15, -0.1) is 0 Å². The monoisotopic (exact) mass is 210 g/mol. The second-order valence-corrected chi connectivity index (χ2v) is 3.26. The van der Waals surface area contributed by atoms with Crippen LogP contribution in [0.15, 0.2) is 54.3 Å². The summed E-state index contributed by atoms with van der Waals surface area (Å²) in [5, 5.41) is 8.68. The molecule has 0 saturated heterocycles. The second-order valence-electron chi connectivity index (χ2n) is 3.26. The summed E-state index contributed by atoms with van der Waals surface area (Å²) in [4.78, 5) is 0. The highest BCUT2D eigenvalue weighted by Crippen LogP contribution is 2.04. The van der Waals surface area contributed by atoms with Crippen molar-refractivity contribution in [3.63, 3.8) is 0 Å². The van der Waals surface area contributed by atoms with Crippen LogP contribution in [0.3, 0.4) is 0 Å². The molecule has 1 aromatic rings. The fourth-order valence-electron chi connectivity index (χ4n) is 1.13. The van der Waals surface area contributed by atoms with Crippen LogP contribution in [0.4, 0.5) is 0 Å². The maximum Gasteiger partial charge on any atom is 0.111 e. The Bertz CT molecular complexity index is 318. The smallest absolute Gasteiger partial charge is 0.111 e. The lowest BCUT2D eigenvalue weighted by atomic mass is 10.2. The van der Waals surface area contributed by atoms with Gasteiger partial charge in [0.2, 0.25) is 0 Å². The van der Waals surface area contributed by atoms with Gasteiger partial charge in [-0.25, -0.2) is 0 Å². The molecule has 80 valence electrons. The first kappa shape index (κ1) is 17.0. The first-order valence-corrected chi connectivity index (χ1v) is 4.86. The molecule has 0 bridgehead atoms. The fourth-order valence-corrected chi connectivity index (χ4v) is 1.13. The number of hydrogen-bond donors (Lipinski definition) is 1. The lowest BCUT2D eigenvalue weighted by Gasteiger charge is -1.95. The highest BCUT2D eigenvalue weighted by Gasteiger charge is 1.88. The Kier molecular flexibility index (Phi) is 10.8. The molecular weight excluding hydrogens is 194 g/mol. The summed E-state index contributed by atoms with van der Waals surface area (Å²) in [7, 11) is 0. The van der Waals surface area contributed by atoms with Gasteiger partial charge >= 0.3 is 0 Å². The van der Waals surface area contributed by atoms with Crippen LogP contribution in [0.5, 0.6) is 0 Å². The molecule has 1 aliphatic rings. The third-order valence-electron chi connectivity index (χ3n) is 1.92. The lowest BCUT2D eigenvalue weighted by Crippen LogP contribution is -1.79. The molecule has 1 aliphatic carbocycles. The molecule has 0 aliphatic heterocycles. The van der Waals surface area contributed by atoms with E-state index in [1.165, 1.54) is 5.56 Å². The maximum atomic E-state index is 8.68. The molecule has 1 aromatic carbocycles. The van der Waals surface area contributed by atoms with Gasteiger partial charge in [-0.2, -0.15) is 0 Å². The summed E-state index contributed by atoms with van der Waals surface area (Å²) in [6, 6.07) is 10.3. The van der Waals surface area contributed by atoms with Gasteiger partial charge in [0.15, 0.2) is 0 Å². The standard InChI is InChI=1S/C7H8.C6H8O.2B/c1-7-5-3-2-4-6-7;7-6-4-2-1-3-5-6;;/h2-6H,1H3;2,4-5,7H,1,3H2;;. The minimum Gasteiger partial charge on any atom is -0.508 e. The topological polar surface area (TPSA) is 20.2 Å². The average molecular weight is 210 g/mol. The third kappa shape index (κ3) is 7.98. The van der Waals surface area contributed by atoms with Crippen molar-refractivity contribution >= 4 is 16.8 Å². The predicted octanol–water partition coefficient (Wildman–Crippen LogP) is 3.01. The van der Waals surface area contributed by atoms with E-state index in [0.717, 1.165) is 12.8 Å². The van der Waals surface area contributed by atoms with Gasteiger partial charge in [-0.3, -0.25) is 0 Å². The summed E-state index contributed by atoms with van der Waals surface area (Å²) < 4.78 is 0. The Hall–Kier alpha value is -1.37. The Labute approximate surface area is 102 Å². The minimum atomic E-state index is 0. The molecule has 0 fully saturated rings. The molecule has 3 heteroatoms. The predicted molar refractivity (Wildman–Crippen MR) is 71.8 cm³/mol. The highest BCUT2D eigenvalue weighted by atomic mass is 16.3. The van der Waals surface area contributed by atoms with Crippen LogP contribution in [-0.4, -0.2) is 21.9 Å². The molecule has 0 unspecified atom stereocenters. The van der Waals surface area contributed by atoms with Crippen molar-refractivity contribution in [3.05, 3.63) is 59.9 Å². The number of aliphatic hydroxyl groups excluding tert-OH is 1. The molecule has 0 saturated carbocycles. The van der Waals surface area contributed by atoms with Crippen LogP contribution in [0, 0.1) is 6.92 Å². The van der Waals surface area contributed by atoms with Gasteiger partial charge in [-0.05, 0) is 31.9 Å². The molecule has 0 spiro atoms. The number of allylic oxidation sites excluding steroid dienone is 3. The summed E-state index contributed by atoms with van der Waals surface area (Å²) >= 11 is 0. The van der Waals surface area contributed by atoms with Crippen molar-refractivity contribution in [1.29, 1.82) is 0 Å². The van der Waals surface area contributed by atoms with Crippen LogP contribution in [0.25, 0.3) is 0 Å². The maximum absolute atomic E-state index is 8.68. The molecule has 0 amide bonds. The zero-order valence-corrected chi connectivity index (χ0v) is 9.63. The number of benzene rings is 1. The molecule has 16 heavy (non-hydrogen) atoms. The normalized spacial score (nSPS) is 12.2. The first-order chi connectivity index (χ1) is 6.79. The van der Waals surface area contributed by atoms with Crippen molar-refractivity contribution in [3.8, 4) is 0 Å². The SMILES string of the molecule is Cc1ccccc1.OC1=CCCC=C1.[B].[B]. The highest BCUT2D eigenvalue weighted by molar-refractivity contribution is 5.76. The minimum absolute atomic E-state index is 0. The van der Waals surface area contributed by atoms with Crippen LogP contribution in [0.1, 0.15) is 18.4 Å². The van der Waals surface area contributed by atoms with Crippen molar-refractivity contribution < 1.29 is 5.11 Å². The van der Waals surface area contributed by atoms with Gasteiger partial charge in [-0.1, -0.05) is 42.0 Å². The quantitative estimate of drug-likeness (QED) is 0.652. The Balaban J connectivity index is 0.